The minimum Gasteiger partial charge on any atom is -0.497 e. The Labute approximate surface area is 158 Å². The van der Waals surface area contributed by atoms with Crippen LogP contribution in [-0.4, -0.2) is 23.0 Å². The van der Waals surface area contributed by atoms with Crippen molar-refractivity contribution in [2.45, 2.75) is 32.9 Å². The second-order valence-electron chi connectivity index (χ2n) is 5.81. The standard InChI is InChI=1S/C19H22ClN3O3/c1-13(2)26-12-16(20)7-5-6-15(11-24)14(3)22-18-9-8-17(10-21)23(4)19(18)25/h5-9,11-14,22H,1-4H3/b7-5+,15-6+,16-12-. The minimum absolute atomic E-state index is 0.0254. The van der Waals surface area contributed by atoms with E-state index in [1.807, 2.05) is 19.9 Å². The van der Waals surface area contributed by atoms with Crippen molar-refractivity contribution in [3.05, 3.63) is 63.3 Å². The number of hydrogen-bond acceptors (Lipinski definition) is 5. The number of nitriles is 1. The second kappa shape index (κ2) is 10.3. The number of aromatic nitrogens is 1. The van der Waals surface area contributed by atoms with Crippen LogP contribution in [0.5, 0.6) is 0 Å². The van der Waals surface area contributed by atoms with E-state index in [1.165, 1.54) is 23.9 Å². The predicted molar refractivity (Wildman–Crippen MR) is 103 cm³/mol. The van der Waals surface area contributed by atoms with Gasteiger partial charge >= 0.3 is 0 Å². The molecule has 1 atom stereocenters. The molecular weight excluding hydrogens is 354 g/mol. The Bertz CT molecular complexity index is 829. The number of nitrogens with one attached hydrogen (secondary N) is 1. The summed E-state index contributed by atoms with van der Waals surface area (Å²) < 4.78 is 6.50. The van der Waals surface area contributed by atoms with Crippen molar-refractivity contribution in [3.8, 4) is 6.07 Å². The Kier molecular flexibility index (Phi) is 8.40. The molecule has 6 nitrogen and oxygen atoms in total. The van der Waals surface area contributed by atoms with E-state index in [9.17, 15) is 9.59 Å². The molecule has 0 radical (unpaired) electrons. The number of hydrogen-bond donors (Lipinski definition) is 1. The van der Waals surface area contributed by atoms with Gasteiger partial charge in [-0.3, -0.25) is 9.59 Å². The van der Waals surface area contributed by atoms with Gasteiger partial charge in [0.05, 0.1) is 17.2 Å². The lowest BCUT2D eigenvalue weighted by Crippen LogP contribution is -2.27. The Morgan fingerprint density at radius 2 is 2.08 bits per heavy atom. The number of carbonyl (C=O) groups is 1. The van der Waals surface area contributed by atoms with Gasteiger partial charge in [-0.2, -0.15) is 5.26 Å². The van der Waals surface area contributed by atoms with Gasteiger partial charge in [0.2, 0.25) is 0 Å². The van der Waals surface area contributed by atoms with E-state index in [0.717, 1.165) is 0 Å². The summed E-state index contributed by atoms with van der Waals surface area (Å²) in [5.74, 6) is 0. The Morgan fingerprint density at radius 1 is 1.38 bits per heavy atom. The van der Waals surface area contributed by atoms with Gasteiger partial charge in [-0.05, 0) is 39.0 Å². The number of allylic oxidation sites excluding steroid dienone is 4. The molecule has 1 heterocycles. The number of ether oxygens (including phenoxy) is 1. The number of aldehydes is 1. The first-order chi connectivity index (χ1) is 12.3. The predicted octanol–water partition coefficient (Wildman–Crippen LogP) is 3.24. The summed E-state index contributed by atoms with van der Waals surface area (Å²) in [6.45, 7) is 5.52. The van der Waals surface area contributed by atoms with Crippen molar-refractivity contribution in [1.29, 1.82) is 5.26 Å². The molecule has 0 bridgehead atoms. The zero-order valence-electron chi connectivity index (χ0n) is 15.2. The number of nitrogens with zero attached hydrogens (tertiary/aromatic N) is 2. The van der Waals surface area contributed by atoms with Crippen LogP contribution < -0.4 is 10.9 Å². The van der Waals surface area contributed by atoms with Crippen LogP contribution in [-0.2, 0) is 16.6 Å². The van der Waals surface area contributed by atoms with Crippen molar-refractivity contribution < 1.29 is 9.53 Å². The molecule has 0 aliphatic carbocycles. The second-order valence-corrected chi connectivity index (χ2v) is 6.24. The Morgan fingerprint density at radius 3 is 2.65 bits per heavy atom. The highest BCUT2D eigenvalue weighted by Crippen LogP contribution is 2.10. The van der Waals surface area contributed by atoms with Gasteiger partial charge in [0.15, 0.2) is 0 Å². The average molecular weight is 376 g/mol. The first-order valence-corrected chi connectivity index (χ1v) is 8.39. The van der Waals surface area contributed by atoms with Gasteiger partial charge < -0.3 is 14.6 Å². The Hall–Kier alpha value is -2.78. The molecule has 0 aliphatic rings. The van der Waals surface area contributed by atoms with Crippen LogP contribution in [0.3, 0.4) is 0 Å². The molecule has 26 heavy (non-hydrogen) atoms. The molecule has 1 unspecified atom stereocenters. The highest BCUT2D eigenvalue weighted by molar-refractivity contribution is 6.31. The van der Waals surface area contributed by atoms with Crippen LogP contribution in [0.2, 0.25) is 0 Å². The molecule has 0 saturated heterocycles. The van der Waals surface area contributed by atoms with Crippen LogP contribution in [0, 0.1) is 11.3 Å². The lowest BCUT2D eigenvalue weighted by Gasteiger charge is -2.15. The van der Waals surface area contributed by atoms with Crippen molar-refractivity contribution >= 4 is 23.6 Å². The summed E-state index contributed by atoms with van der Waals surface area (Å²) in [7, 11) is 1.52. The number of halogens is 1. The zero-order chi connectivity index (χ0) is 19.7. The van der Waals surface area contributed by atoms with E-state index >= 15 is 0 Å². The molecule has 0 aromatic carbocycles. The lowest BCUT2D eigenvalue weighted by molar-refractivity contribution is -0.105. The van der Waals surface area contributed by atoms with E-state index in [0.29, 0.717) is 22.6 Å². The summed E-state index contributed by atoms with van der Waals surface area (Å²) in [5.41, 5.74) is 0.654. The average Bonchev–Trinajstić information content (AvgIpc) is 2.61. The minimum atomic E-state index is -0.410. The fourth-order valence-electron chi connectivity index (χ4n) is 1.95. The molecule has 0 saturated carbocycles. The summed E-state index contributed by atoms with van der Waals surface area (Å²) in [4.78, 5) is 23.6. The van der Waals surface area contributed by atoms with Crippen molar-refractivity contribution in [2.24, 2.45) is 7.05 Å². The largest absolute Gasteiger partial charge is 0.497 e. The molecule has 0 spiro atoms. The van der Waals surface area contributed by atoms with E-state index in [4.69, 9.17) is 21.6 Å². The SMILES string of the molecule is CC(C)O/C=C(Cl)/C=C/C=C(\C=O)C(C)Nc1ccc(C#N)n(C)c1=O. The number of carbonyl (C=O) groups excluding carboxylic acids is 1. The van der Waals surface area contributed by atoms with Crippen LogP contribution >= 0.6 is 11.6 Å². The molecule has 1 N–H and O–H groups in total. The third kappa shape index (κ3) is 6.26. The maximum absolute atomic E-state index is 12.2. The first-order valence-electron chi connectivity index (χ1n) is 8.01. The maximum atomic E-state index is 12.2. The molecule has 0 fully saturated rings. The summed E-state index contributed by atoms with van der Waals surface area (Å²) in [5, 5.41) is 12.3. The molecule has 1 rings (SSSR count). The highest BCUT2D eigenvalue weighted by Gasteiger charge is 2.11. The number of rotatable bonds is 8. The van der Waals surface area contributed by atoms with Gasteiger partial charge in [-0.1, -0.05) is 23.8 Å². The third-order valence-electron chi connectivity index (χ3n) is 3.42. The maximum Gasteiger partial charge on any atom is 0.274 e. The van der Waals surface area contributed by atoms with Gasteiger partial charge in [-0.15, -0.1) is 0 Å². The van der Waals surface area contributed by atoms with Gasteiger partial charge in [0, 0.05) is 12.6 Å². The highest BCUT2D eigenvalue weighted by atomic mass is 35.5. The molecular formula is C19H22ClN3O3. The van der Waals surface area contributed by atoms with Crippen molar-refractivity contribution in [2.75, 3.05) is 5.32 Å². The van der Waals surface area contributed by atoms with E-state index in [2.05, 4.69) is 5.32 Å². The number of pyridine rings is 1. The normalized spacial score (nSPS) is 13.6. The van der Waals surface area contributed by atoms with Gasteiger partial charge in [0.25, 0.3) is 5.56 Å². The smallest absolute Gasteiger partial charge is 0.274 e. The fourth-order valence-corrected chi connectivity index (χ4v) is 2.08. The van der Waals surface area contributed by atoms with Crippen LogP contribution in [0.15, 0.2) is 52.0 Å². The number of anilines is 1. The lowest BCUT2D eigenvalue weighted by atomic mass is 10.1. The summed E-state index contributed by atoms with van der Waals surface area (Å²) in [6.07, 6.45) is 6.99. The molecule has 1 aromatic rings. The summed E-state index contributed by atoms with van der Waals surface area (Å²) >= 11 is 5.97. The van der Waals surface area contributed by atoms with E-state index in [-0.39, 0.29) is 17.4 Å². The van der Waals surface area contributed by atoms with Gasteiger partial charge in [0.1, 0.15) is 30.0 Å². The quantitative estimate of drug-likeness (QED) is 0.326. The van der Waals surface area contributed by atoms with E-state index < -0.39 is 6.04 Å². The molecule has 1 aromatic heterocycles. The molecule has 138 valence electrons. The van der Waals surface area contributed by atoms with Crippen LogP contribution in [0.1, 0.15) is 26.5 Å². The topological polar surface area (TPSA) is 84.1 Å². The molecule has 0 amide bonds. The third-order valence-corrected chi connectivity index (χ3v) is 3.64. The first kappa shape index (κ1) is 21.3. The molecule has 0 aliphatic heterocycles. The van der Waals surface area contributed by atoms with Crippen molar-refractivity contribution in [1.82, 2.24) is 4.57 Å². The fraction of sp³-hybridized carbons (Fsp3) is 0.316. The monoisotopic (exact) mass is 375 g/mol. The zero-order valence-corrected chi connectivity index (χ0v) is 15.9. The van der Waals surface area contributed by atoms with Crippen molar-refractivity contribution in [3.63, 3.8) is 0 Å². The van der Waals surface area contributed by atoms with Crippen LogP contribution in [0.4, 0.5) is 5.69 Å². The Balaban J connectivity index is 2.90. The molecule has 7 heteroatoms. The van der Waals surface area contributed by atoms with Crippen LogP contribution in [0.25, 0.3) is 0 Å². The summed E-state index contributed by atoms with van der Waals surface area (Å²) in [6, 6.07) is 4.59. The van der Waals surface area contributed by atoms with Gasteiger partial charge in [-0.25, -0.2) is 0 Å². The van der Waals surface area contributed by atoms with E-state index in [1.54, 1.807) is 31.2 Å².